The molecule has 0 aliphatic carbocycles. The second-order valence-corrected chi connectivity index (χ2v) is 7.15. The van der Waals surface area contributed by atoms with Crippen LogP contribution in [-0.4, -0.2) is 69.4 Å². The summed E-state index contributed by atoms with van der Waals surface area (Å²) in [5.41, 5.74) is 1.10. The largest absolute Gasteiger partial charge is 0.385 e. The van der Waals surface area contributed by atoms with Crippen LogP contribution in [0, 0.1) is 0 Å². The average molecular weight is 532 g/mol. The lowest BCUT2D eigenvalue weighted by atomic mass is 10.1. The summed E-state index contributed by atoms with van der Waals surface area (Å²) in [5.74, 6) is 0.915. The number of piperidine rings is 1. The van der Waals surface area contributed by atoms with Crippen molar-refractivity contribution in [2.45, 2.75) is 45.3 Å². The summed E-state index contributed by atoms with van der Waals surface area (Å²) in [6.07, 6.45) is 3.63. The number of nitrogens with one attached hydrogen (secondary N) is 2. The number of amides is 1. The second-order valence-electron chi connectivity index (χ2n) is 7.15. The van der Waals surface area contributed by atoms with E-state index in [1.807, 2.05) is 30.3 Å². The topological polar surface area (TPSA) is 75.2 Å². The quantitative estimate of drug-likeness (QED) is 0.199. The van der Waals surface area contributed by atoms with Gasteiger partial charge in [0, 0.05) is 52.9 Å². The highest BCUT2D eigenvalue weighted by molar-refractivity contribution is 14.0. The van der Waals surface area contributed by atoms with Crippen LogP contribution in [0.15, 0.2) is 35.3 Å². The third-order valence-corrected chi connectivity index (χ3v) is 4.86. The van der Waals surface area contributed by atoms with Crippen molar-refractivity contribution in [3.63, 3.8) is 0 Å². The van der Waals surface area contributed by atoms with Gasteiger partial charge in [0.05, 0.1) is 12.6 Å². The maximum Gasteiger partial charge on any atom is 0.222 e. The van der Waals surface area contributed by atoms with E-state index in [4.69, 9.17) is 9.47 Å². The highest BCUT2D eigenvalue weighted by Crippen LogP contribution is 2.14. The Balaban J connectivity index is 0.00000450. The van der Waals surface area contributed by atoms with Crippen LogP contribution < -0.4 is 10.6 Å². The number of hydrogen-bond acceptors (Lipinski definition) is 4. The minimum Gasteiger partial charge on any atom is -0.385 e. The van der Waals surface area contributed by atoms with Crippen LogP contribution in [0.1, 0.15) is 38.2 Å². The molecular formula is C22H37IN4O3. The fourth-order valence-electron chi connectivity index (χ4n) is 3.26. The van der Waals surface area contributed by atoms with Crippen LogP contribution in [-0.2, 0) is 20.8 Å². The third kappa shape index (κ3) is 10.6. The molecule has 0 saturated carbocycles. The molecule has 2 rings (SSSR count). The Morgan fingerprint density at radius 1 is 1.17 bits per heavy atom. The third-order valence-electron chi connectivity index (χ3n) is 4.86. The molecule has 0 atom stereocenters. The molecule has 1 aromatic carbocycles. The molecule has 1 aromatic rings. The van der Waals surface area contributed by atoms with E-state index in [-0.39, 0.29) is 29.9 Å². The smallest absolute Gasteiger partial charge is 0.222 e. The number of carbonyl (C=O) groups excluding carboxylic acids is 1. The van der Waals surface area contributed by atoms with Crippen molar-refractivity contribution in [1.82, 2.24) is 15.5 Å². The van der Waals surface area contributed by atoms with Gasteiger partial charge in [-0.15, -0.1) is 24.0 Å². The molecule has 0 spiro atoms. The Kier molecular flexibility index (Phi) is 14.5. The van der Waals surface area contributed by atoms with Gasteiger partial charge < -0.3 is 25.0 Å². The van der Waals surface area contributed by atoms with Gasteiger partial charge in [0.15, 0.2) is 5.96 Å². The first-order valence-corrected chi connectivity index (χ1v) is 10.7. The molecular weight excluding hydrogens is 495 g/mol. The van der Waals surface area contributed by atoms with E-state index in [0.29, 0.717) is 25.6 Å². The van der Waals surface area contributed by atoms with Crippen LogP contribution in [0.5, 0.6) is 0 Å². The molecule has 0 bridgehead atoms. The van der Waals surface area contributed by atoms with Crippen molar-refractivity contribution in [3.8, 4) is 0 Å². The molecule has 1 aliphatic heterocycles. The Morgan fingerprint density at radius 2 is 1.90 bits per heavy atom. The molecule has 0 aromatic heterocycles. The molecule has 7 nitrogen and oxygen atoms in total. The van der Waals surface area contributed by atoms with E-state index in [0.717, 1.165) is 63.6 Å². The summed E-state index contributed by atoms with van der Waals surface area (Å²) in [6.45, 7) is 7.25. The fraction of sp³-hybridized carbons (Fsp3) is 0.636. The molecule has 170 valence electrons. The SMILES string of the molecule is CCNC(=NCCC(=O)NCc1ccccc1)N1CCC(OCCCOC)CC1.I. The summed E-state index contributed by atoms with van der Waals surface area (Å²) in [4.78, 5) is 19.0. The number of hydrogen-bond donors (Lipinski definition) is 2. The van der Waals surface area contributed by atoms with Crippen molar-refractivity contribution < 1.29 is 14.3 Å². The number of guanidine groups is 1. The van der Waals surface area contributed by atoms with E-state index in [1.54, 1.807) is 7.11 Å². The van der Waals surface area contributed by atoms with Gasteiger partial charge in [-0.3, -0.25) is 9.79 Å². The summed E-state index contributed by atoms with van der Waals surface area (Å²) in [7, 11) is 1.72. The van der Waals surface area contributed by atoms with E-state index in [2.05, 4.69) is 27.4 Å². The number of methoxy groups -OCH3 is 1. The summed E-state index contributed by atoms with van der Waals surface area (Å²) < 4.78 is 11.0. The maximum atomic E-state index is 12.1. The van der Waals surface area contributed by atoms with Crippen molar-refractivity contribution in [2.24, 2.45) is 4.99 Å². The first kappa shape index (κ1) is 26.6. The predicted molar refractivity (Wildman–Crippen MR) is 131 cm³/mol. The normalized spacial score (nSPS) is 14.9. The molecule has 1 amide bonds. The predicted octanol–water partition coefficient (Wildman–Crippen LogP) is 2.79. The van der Waals surface area contributed by atoms with Crippen molar-refractivity contribution >= 4 is 35.8 Å². The summed E-state index contributed by atoms with van der Waals surface area (Å²) >= 11 is 0. The zero-order valence-electron chi connectivity index (χ0n) is 18.3. The number of rotatable bonds is 11. The minimum absolute atomic E-state index is 0. The lowest BCUT2D eigenvalue weighted by Crippen LogP contribution is -2.47. The van der Waals surface area contributed by atoms with E-state index < -0.39 is 0 Å². The number of carbonyl (C=O) groups is 1. The van der Waals surface area contributed by atoms with Gasteiger partial charge in [0.25, 0.3) is 0 Å². The van der Waals surface area contributed by atoms with Gasteiger partial charge in [0.1, 0.15) is 0 Å². The average Bonchev–Trinajstić information content (AvgIpc) is 2.76. The molecule has 1 saturated heterocycles. The zero-order valence-corrected chi connectivity index (χ0v) is 20.6. The number of aliphatic imine (C=N–C) groups is 1. The van der Waals surface area contributed by atoms with Gasteiger partial charge in [-0.25, -0.2) is 0 Å². The molecule has 8 heteroatoms. The maximum absolute atomic E-state index is 12.1. The first-order valence-electron chi connectivity index (χ1n) is 10.7. The molecule has 0 radical (unpaired) electrons. The highest BCUT2D eigenvalue weighted by Gasteiger charge is 2.21. The number of benzene rings is 1. The van der Waals surface area contributed by atoms with Gasteiger partial charge in [-0.2, -0.15) is 0 Å². The Labute approximate surface area is 198 Å². The highest BCUT2D eigenvalue weighted by atomic mass is 127. The fourth-order valence-corrected chi connectivity index (χ4v) is 3.26. The number of nitrogens with zero attached hydrogens (tertiary/aromatic N) is 2. The number of likely N-dealkylation sites (tertiary alicyclic amines) is 1. The number of ether oxygens (including phenoxy) is 2. The Morgan fingerprint density at radius 3 is 2.57 bits per heavy atom. The number of halogens is 1. The first-order chi connectivity index (χ1) is 14.2. The van der Waals surface area contributed by atoms with Crippen molar-refractivity contribution in [3.05, 3.63) is 35.9 Å². The van der Waals surface area contributed by atoms with Crippen LogP contribution in [0.25, 0.3) is 0 Å². The summed E-state index contributed by atoms with van der Waals surface area (Å²) in [6, 6.07) is 9.93. The van der Waals surface area contributed by atoms with E-state index >= 15 is 0 Å². The van der Waals surface area contributed by atoms with Crippen LogP contribution in [0.3, 0.4) is 0 Å². The molecule has 1 fully saturated rings. The van der Waals surface area contributed by atoms with Gasteiger partial charge >= 0.3 is 0 Å². The minimum atomic E-state index is 0. The van der Waals surface area contributed by atoms with Crippen LogP contribution in [0.4, 0.5) is 0 Å². The summed E-state index contributed by atoms with van der Waals surface area (Å²) in [5, 5.41) is 6.30. The zero-order chi connectivity index (χ0) is 20.7. The second kappa shape index (κ2) is 16.3. The molecule has 0 unspecified atom stereocenters. The van der Waals surface area contributed by atoms with Crippen LogP contribution >= 0.6 is 24.0 Å². The van der Waals surface area contributed by atoms with Crippen molar-refractivity contribution in [1.29, 1.82) is 0 Å². The van der Waals surface area contributed by atoms with Crippen LogP contribution in [0.2, 0.25) is 0 Å². The Hall–Kier alpha value is -1.39. The van der Waals surface area contributed by atoms with Gasteiger partial charge in [0.2, 0.25) is 5.91 Å². The van der Waals surface area contributed by atoms with Gasteiger partial charge in [-0.05, 0) is 31.7 Å². The molecule has 1 aliphatic rings. The van der Waals surface area contributed by atoms with E-state index in [1.165, 1.54) is 0 Å². The lowest BCUT2D eigenvalue weighted by Gasteiger charge is -2.34. The monoisotopic (exact) mass is 532 g/mol. The van der Waals surface area contributed by atoms with Crippen molar-refractivity contribution in [2.75, 3.05) is 46.5 Å². The molecule has 2 N–H and O–H groups in total. The van der Waals surface area contributed by atoms with Gasteiger partial charge in [-0.1, -0.05) is 30.3 Å². The Bertz CT molecular complexity index is 608. The lowest BCUT2D eigenvalue weighted by molar-refractivity contribution is -0.121. The molecule has 1 heterocycles. The standard InChI is InChI=1S/C22H36N4O3.HI/c1-3-23-22(26-14-11-20(12-15-26)29-17-7-16-28-2)24-13-10-21(27)25-18-19-8-5-4-6-9-19;/h4-6,8-9,20H,3,7,10-18H2,1-2H3,(H,23,24)(H,25,27);1H. The molecule has 30 heavy (non-hydrogen) atoms. The van der Waals surface area contributed by atoms with E-state index in [9.17, 15) is 4.79 Å².